The largest absolute Gasteiger partial charge is 0.480 e. The number of carboxylic acids is 2. The summed E-state index contributed by atoms with van der Waals surface area (Å²) in [4.78, 5) is 19.4. The van der Waals surface area contributed by atoms with E-state index in [2.05, 4.69) is 25.8 Å². The number of aliphatic hydroxyl groups is 1. The van der Waals surface area contributed by atoms with Crippen molar-refractivity contribution in [2.24, 2.45) is 11.5 Å². The summed E-state index contributed by atoms with van der Waals surface area (Å²) in [6, 6.07) is -1.94. The minimum Gasteiger partial charge on any atom is -0.480 e. The van der Waals surface area contributed by atoms with Gasteiger partial charge in [-0.2, -0.15) is 12.6 Å². The third kappa shape index (κ3) is 15.4. The third-order valence-corrected chi connectivity index (χ3v) is 1.42. The number of rotatable bonds is 4. The van der Waals surface area contributed by atoms with Gasteiger partial charge >= 0.3 is 11.9 Å². The van der Waals surface area contributed by atoms with Crippen LogP contribution in [0.2, 0.25) is 0 Å². The minimum absolute atomic E-state index is 0.190. The van der Waals surface area contributed by atoms with E-state index in [4.69, 9.17) is 26.8 Å². The molecule has 0 radical (unpaired) electrons. The zero-order valence-electron chi connectivity index (χ0n) is 8.74. The monoisotopic (exact) mass is 254 g/mol. The molecular formula is C8H18N2O5S. The minimum atomic E-state index is -1.18. The summed E-state index contributed by atoms with van der Waals surface area (Å²) < 4.78 is 0. The summed E-state index contributed by atoms with van der Waals surface area (Å²) in [5, 5.41) is 23.9. The molecule has 0 spiro atoms. The molecule has 0 heterocycles. The van der Waals surface area contributed by atoms with Gasteiger partial charge < -0.3 is 26.8 Å². The Morgan fingerprint density at radius 3 is 1.44 bits per heavy atom. The van der Waals surface area contributed by atoms with Gasteiger partial charge in [-0.1, -0.05) is 0 Å². The van der Waals surface area contributed by atoms with Gasteiger partial charge in [-0.15, -0.1) is 13.2 Å². The summed E-state index contributed by atoms with van der Waals surface area (Å²) in [5.41, 5.74) is 9.71. The molecular weight excluding hydrogens is 236 g/mol. The smallest absolute Gasteiger partial charge is 0.322 e. The number of carbonyl (C=O) groups is 2. The normalized spacial score (nSPS) is 12.0. The van der Waals surface area contributed by atoms with E-state index in [0.717, 1.165) is 0 Å². The first-order valence-electron chi connectivity index (χ1n) is 4.05. The van der Waals surface area contributed by atoms with Crippen molar-refractivity contribution in [3.05, 3.63) is 13.2 Å². The van der Waals surface area contributed by atoms with Crippen molar-refractivity contribution >= 4 is 24.6 Å². The summed E-state index contributed by atoms with van der Waals surface area (Å²) in [6.45, 7) is 5.50. The van der Waals surface area contributed by atoms with Gasteiger partial charge in [-0.3, -0.25) is 9.59 Å². The first-order valence-corrected chi connectivity index (χ1v) is 4.68. The quantitative estimate of drug-likeness (QED) is 0.265. The first-order chi connectivity index (χ1) is 7.36. The Labute approximate surface area is 99.2 Å². The zero-order valence-corrected chi connectivity index (χ0v) is 9.64. The van der Waals surface area contributed by atoms with Gasteiger partial charge in [0, 0.05) is 5.75 Å². The van der Waals surface area contributed by atoms with Crippen LogP contribution in [-0.4, -0.2) is 51.7 Å². The van der Waals surface area contributed by atoms with Crippen LogP contribution in [0, 0.1) is 0 Å². The SMILES string of the molecule is C=C.N[C@@H](CO)C(=O)O.N[C@@H](CS)C(=O)O. The summed E-state index contributed by atoms with van der Waals surface area (Å²) in [6.07, 6.45) is 0. The number of hydrogen-bond donors (Lipinski definition) is 6. The Kier molecular flexibility index (Phi) is 17.7. The predicted octanol–water partition coefficient (Wildman–Crippen LogP) is -1.48. The topological polar surface area (TPSA) is 147 Å². The highest BCUT2D eigenvalue weighted by atomic mass is 32.1. The zero-order chi connectivity index (χ0) is 13.7. The molecule has 7 nitrogen and oxygen atoms in total. The number of aliphatic hydroxyl groups excluding tert-OH is 1. The van der Waals surface area contributed by atoms with Crippen molar-refractivity contribution in [1.29, 1.82) is 0 Å². The molecule has 7 N–H and O–H groups in total. The highest BCUT2D eigenvalue weighted by molar-refractivity contribution is 7.80. The van der Waals surface area contributed by atoms with Gasteiger partial charge in [-0.25, -0.2) is 0 Å². The van der Waals surface area contributed by atoms with Crippen LogP contribution in [-0.2, 0) is 9.59 Å². The van der Waals surface area contributed by atoms with Crippen LogP contribution in [0.3, 0.4) is 0 Å². The fourth-order valence-corrected chi connectivity index (χ4v) is 0.312. The molecule has 0 aliphatic carbocycles. The Morgan fingerprint density at radius 1 is 1.12 bits per heavy atom. The number of hydrogen-bond acceptors (Lipinski definition) is 6. The van der Waals surface area contributed by atoms with E-state index in [1.54, 1.807) is 0 Å². The molecule has 0 bridgehead atoms. The van der Waals surface area contributed by atoms with Crippen LogP contribution in [0.25, 0.3) is 0 Å². The standard InChI is InChI=1S/C3H7NO3.C3H7NO2S.C2H4/c4-2(1-5)3(6)7;4-2(1-7)3(5)6;1-2/h2,5H,1,4H2,(H,6,7);2,7H,1,4H2,(H,5,6);1-2H2/t2*2-;/m00./s1. The average Bonchev–Trinajstić information content (AvgIpc) is 2.29. The lowest BCUT2D eigenvalue weighted by Gasteiger charge is -1.96. The molecule has 0 rings (SSSR count). The maximum absolute atomic E-state index is 9.76. The summed E-state index contributed by atoms with van der Waals surface area (Å²) in [5.74, 6) is -1.99. The van der Waals surface area contributed by atoms with Crippen LogP contribution in [0.15, 0.2) is 13.2 Å². The number of thiol groups is 1. The van der Waals surface area contributed by atoms with E-state index in [1.807, 2.05) is 0 Å². The molecule has 0 saturated heterocycles. The molecule has 8 heteroatoms. The number of aliphatic carboxylic acids is 2. The van der Waals surface area contributed by atoms with E-state index >= 15 is 0 Å². The molecule has 96 valence electrons. The van der Waals surface area contributed by atoms with Crippen molar-refractivity contribution in [2.75, 3.05) is 12.4 Å². The van der Waals surface area contributed by atoms with E-state index in [-0.39, 0.29) is 5.75 Å². The third-order valence-electron chi connectivity index (χ3n) is 1.03. The maximum Gasteiger partial charge on any atom is 0.322 e. The van der Waals surface area contributed by atoms with Gasteiger partial charge in [0.15, 0.2) is 0 Å². The maximum atomic E-state index is 9.76. The van der Waals surface area contributed by atoms with E-state index in [9.17, 15) is 9.59 Å². The van der Waals surface area contributed by atoms with Crippen molar-refractivity contribution < 1.29 is 24.9 Å². The van der Waals surface area contributed by atoms with Crippen LogP contribution >= 0.6 is 12.6 Å². The van der Waals surface area contributed by atoms with Gasteiger partial charge in [0.25, 0.3) is 0 Å². The average molecular weight is 254 g/mol. The van der Waals surface area contributed by atoms with Crippen LogP contribution < -0.4 is 11.5 Å². The Hall–Kier alpha value is -1.09. The molecule has 0 unspecified atom stereocenters. The second-order valence-electron chi connectivity index (χ2n) is 2.25. The Balaban J connectivity index is -0.000000183. The summed E-state index contributed by atoms with van der Waals surface area (Å²) in [7, 11) is 0. The second-order valence-corrected chi connectivity index (χ2v) is 2.62. The van der Waals surface area contributed by atoms with Crippen molar-refractivity contribution in [3.63, 3.8) is 0 Å². The molecule has 16 heavy (non-hydrogen) atoms. The lowest BCUT2D eigenvalue weighted by molar-refractivity contribution is -0.139. The second kappa shape index (κ2) is 13.9. The van der Waals surface area contributed by atoms with Gasteiger partial charge in [0.1, 0.15) is 12.1 Å². The van der Waals surface area contributed by atoms with E-state index < -0.39 is 30.6 Å². The van der Waals surface area contributed by atoms with E-state index in [1.165, 1.54) is 0 Å². The molecule has 0 aliphatic heterocycles. The lowest BCUT2D eigenvalue weighted by Crippen LogP contribution is -2.33. The highest BCUT2D eigenvalue weighted by Crippen LogP contribution is 1.80. The molecule has 0 aliphatic rings. The fraction of sp³-hybridized carbons (Fsp3) is 0.500. The molecule has 0 aromatic rings. The van der Waals surface area contributed by atoms with Crippen molar-refractivity contribution in [3.8, 4) is 0 Å². The highest BCUT2D eigenvalue weighted by Gasteiger charge is 2.07. The van der Waals surface area contributed by atoms with Crippen LogP contribution in [0.5, 0.6) is 0 Å². The molecule has 0 aromatic carbocycles. The molecule has 0 amide bonds. The molecule has 0 aromatic heterocycles. The predicted molar refractivity (Wildman–Crippen MR) is 63.4 cm³/mol. The number of carboxylic acid groups (broad SMARTS) is 2. The van der Waals surface area contributed by atoms with Gasteiger partial charge in [0.2, 0.25) is 0 Å². The Bertz CT molecular complexity index is 183. The van der Waals surface area contributed by atoms with Gasteiger partial charge in [0.05, 0.1) is 6.61 Å². The fourth-order valence-electron chi connectivity index (χ4n) is 0.156. The van der Waals surface area contributed by atoms with Crippen LogP contribution in [0.4, 0.5) is 0 Å². The Morgan fingerprint density at radius 2 is 1.44 bits per heavy atom. The first kappa shape index (κ1) is 20.3. The van der Waals surface area contributed by atoms with Crippen molar-refractivity contribution in [2.45, 2.75) is 12.1 Å². The van der Waals surface area contributed by atoms with E-state index in [0.29, 0.717) is 0 Å². The molecule has 0 fully saturated rings. The van der Waals surface area contributed by atoms with Crippen molar-refractivity contribution in [1.82, 2.24) is 0 Å². The molecule has 0 saturated carbocycles. The summed E-state index contributed by atoms with van der Waals surface area (Å²) >= 11 is 3.65. The number of nitrogens with two attached hydrogens (primary N) is 2. The lowest BCUT2D eigenvalue weighted by atomic mass is 10.3. The van der Waals surface area contributed by atoms with Crippen LogP contribution in [0.1, 0.15) is 0 Å². The van der Waals surface area contributed by atoms with Gasteiger partial charge in [-0.05, 0) is 0 Å². The molecule has 2 atom stereocenters.